The molecule has 0 aromatic rings. The van der Waals surface area contributed by atoms with Crippen LogP contribution in [0.25, 0.3) is 0 Å². The molecule has 1 rings (SSSR count). The Hall–Kier alpha value is -4.62. The van der Waals surface area contributed by atoms with E-state index in [0.29, 0.717) is 19.3 Å². The highest BCUT2D eigenvalue weighted by atomic mass is 16.7. The van der Waals surface area contributed by atoms with E-state index in [0.717, 1.165) is 173 Å². The number of aliphatic carboxylic acids is 1. The van der Waals surface area contributed by atoms with E-state index in [9.17, 15) is 34.5 Å². The number of carboxylic acids is 1. The van der Waals surface area contributed by atoms with Crippen molar-refractivity contribution in [2.45, 2.75) is 289 Å². The molecule has 0 aliphatic carbocycles. The standard InChI is InChI=1S/C69H112O12/c1-4-7-10-13-16-19-22-25-28-31-34-37-40-43-46-49-52-55-61(70)77-58-60(79-62(71)56-53-50-47-44-41-38-35-32-29-26-23-20-17-14-11-8-5-2)59-78-69-67(65(74)64(73)66(81-69)68(75)76)80-63(72)57-54-51-48-45-42-39-36-33-30-27-24-21-18-15-12-9-6-3/h7,9-10,12,16-21,25-30,34,37,60,64-67,69,73-74H,4-6,8,11,13-15,22-24,31-33,35-36,38-59H2,1-3H3,(H,75,76)/b10-7-,12-9-,19-16-,20-17-,21-18-,28-25-,29-26-,30-27-,37-34-. The largest absolute Gasteiger partial charge is 0.479 e. The van der Waals surface area contributed by atoms with E-state index >= 15 is 0 Å². The van der Waals surface area contributed by atoms with Crippen molar-refractivity contribution in [3.63, 3.8) is 0 Å². The molecule has 6 unspecified atom stereocenters. The maximum atomic E-state index is 13.2. The molecule has 0 radical (unpaired) electrons. The molecule has 1 aliphatic heterocycles. The molecule has 0 amide bonds. The van der Waals surface area contributed by atoms with E-state index in [1.807, 2.05) is 0 Å². The smallest absolute Gasteiger partial charge is 0.335 e. The number of rotatable bonds is 53. The summed E-state index contributed by atoms with van der Waals surface area (Å²) < 4.78 is 28.5. The number of esters is 3. The summed E-state index contributed by atoms with van der Waals surface area (Å²) in [6.07, 6.45) is 63.2. The Balaban J connectivity index is 2.70. The fourth-order valence-electron chi connectivity index (χ4n) is 8.99. The van der Waals surface area contributed by atoms with Crippen molar-refractivity contribution in [1.82, 2.24) is 0 Å². The van der Waals surface area contributed by atoms with E-state index < -0.39 is 67.3 Å². The van der Waals surface area contributed by atoms with Gasteiger partial charge >= 0.3 is 23.9 Å². The van der Waals surface area contributed by atoms with Crippen molar-refractivity contribution in [2.75, 3.05) is 13.2 Å². The van der Waals surface area contributed by atoms with E-state index in [1.165, 1.54) is 19.3 Å². The third-order valence-electron chi connectivity index (χ3n) is 13.8. The Morgan fingerprint density at radius 3 is 1.19 bits per heavy atom. The molecule has 0 saturated carbocycles. The zero-order chi connectivity index (χ0) is 58.9. The molecule has 0 aromatic heterocycles. The van der Waals surface area contributed by atoms with E-state index in [4.69, 9.17) is 23.7 Å². The predicted octanol–water partition coefficient (Wildman–Crippen LogP) is 17.0. The molecule has 0 aromatic carbocycles. The minimum Gasteiger partial charge on any atom is -0.479 e. The van der Waals surface area contributed by atoms with Gasteiger partial charge in [-0.25, -0.2) is 4.79 Å². The van der Waals surface area contributed by atoms with Crippen LogP contribution in [0.1, 0.15) is 252 Å². The van der Waals surface area contributed by atoms with Crippen LogP contribution in [0.5, 0.6) is 0 Å². The molecular formula is C69H112O12. The van der Waals surface area contributed by atoms with Crippen molar-refractivity contribution >= 4 is 23.9 Å². The van der Waals surface area contributed by atoms with Crippen LogP contribution in [-0.2, 0) is 42.9 Å². The molecule has 6 atom stereocenters. The fourth-order valence-corrected chi connectivity index (χ4v) is 8.99. The van der Waals surface area contributed by atoms with Gasteiger partial charge in [-0.15, -0.1) is 0 Å². The zero-order valence-electron chi connectivity index (χ0n) is 50.7. The highest BCUT2D eigenvalue weighted by Crippen LogP contribution is 2.26. The minimum atomic E-state index is -1.92. The van der Waals surface area contributed by atoms with Gasteiger partial charge in [-0.3, -0.25) is 14.4 Å². The second kappa shape index (κ2) is 55.9. The molecule has 12 nitrogen and oxygen atoms in total. The molecule has 0 bridgehead atoms. The first-order valence-electron chi connectivity index (χ1n) is 31.9. The van der Waals surface area contributed by atoms with Gasteiger partial charge in [0, 0.05) is 19.3 Å². The normalized spacial score (nSPS) is 18.5. The fraction of sp³-hybridized carbons (Fsp3) is 0.681. The summed E-state index contributed by atoms with van der Waals surface area (Å²) in [5.41, 5.74) is 0. The van der Waals surface area contributed by atoms with Crippen molar-refractivity contribution in [3.8, 4) is 0 Å². The van der Waals surface area contributed by atoms with Gasteiger partial charge in [-0.05, 0) is 122 Å². The van der Waals surface area contributed by atoms with Crippen molar-refractivity contribution in [1.29, 1.82) is 0 Å². The Morgan fingerprint density at radius 2 is 0.778 bits per heavy atom. The Labute approximate surface area is 491 Å². The molecule has 3 N–H and O–H groups in total. The lowest BCUT2D eigenvalue weighted by Crippen LogP contribution is -2.61. The van der Waals surface area contributed by atoms with Crippen molar-refractivity contribution < 1.29 is 58.2 Å². The lowest BCUT2D eigenvalue weighted by atomic mass is 9.98. The average Bonchev–Trinajstić information content (AvgIpc) is 3.53. The number of carboxylic acid groups (broad SMARTS) is 1. The lowest BCUT2D eigenvalue weighted by Gasteiger charge is -2.40. The quantitative estimate of drug-likeness (QED) is 0.0228. The molecular weight excluding hydrogens is 1020 g/mol. The van der Waals surface area contributed by atoms with Gasteiger partial charge in [-0.1, -0.05) is 220 Å². The summed E-state index contributed by atoms with van der Waals surface area (Å²) in [5.74, 6) is -3.18. The monoisotopic (exact) mass is 1130 g/mol. The van der Waals surface area contributed by atoms with Crippen LogP contribution in [0, 0.1) is 0 Å². The Bertz CT molecular complexity index is 1820. The molecule has 1 aliphatic rings. The number of aliphatic hydroxyl groups is 2. The van der Waals surface area contributed by atoms with Crippen LogP contribution in [0.15, 0.2) is 109 Å². The lowest BCUT2D eigenvalue weighted by molar-refractivity contribution is -0.301. The molecule has 81 heavy (non-hydrogen) atoms. The zero-order valence-corrected chi connectivity index (χ0v) is 50.7. The van der Waals surface area contributed by atoms with Crippen molar-refractivity contribution in [3.05, 3.63) is 109 Å². The number of unbranched alkanes of at least 4 members (excludes halogenated alkanes) is 21. The van der Waals surface area contributed by atoms with E-state index in [-0.39, 0.29) is 25.9 Å². The van der Waals surface area contributed by atoms with Crippen LogP contribution in [-0.4, -0.2) is 89.2 Å². The predicted molar refractivity (Wildman–Crippen MR) is 330 cm³/mol. The van der Waals surface area contributed by atoms with Gasteiger partial charge in [0.1, 0.15) is 18.8 Å². The number of aliphatic hydroxyl groups excluding tert-OH is 2. The number of ether oxygens (including phenoxy) is 5. The van der Waals surface area contributed by atoms with Crippen LogP contribution >= 0.6 is 0 Å². The second-order valence-electron chi connectivity index (χ2n) is 21.3. The van der Waals surface area contributed by atoms with Gasteiger partial charge in [-0.2, -0.15) is 0 Å². The maximum Gasteiger partial charge on any atom is 0.335 e. The number of carbonyl (C=O) groups is 4. The molecule has 1 saturated heterocycles. The summed E-state index contributed by atoms with van der Waals surface area (Å²) in [7, 11) is 0. The molecule has 0 spiro atoms. The third kappa shape index (κ3) is 45.6. The maximum absolute atomic E-state index is 13.2. The summed E-state index contributed by atoms with van der Waals surface area (Å²) in [5, 5.41) is 31.6. The van der Waals surface area contributed by atoms with Crippen LogP contribution in [0.3, 0.4) is 0 Å². The van der Waals surface area contributed by atoms with Gasteiger partial charge < -0.3 is 39.0 Å². The Kier molecular flexibility index (Phi) is 51.3. The SMILES string of the molecule is CC/C=C\C/C=C\C/C=C\C/C=C\CCCCCCC(=O)OCC(COC1OC(C(=O)O)C(O)C(O)C1OC(=O)CCCCCCCCC/C=C\C/C=C\C/C=C\CC)OC(=O)CCCCCCCCC/C=C\C/C=C\CCCCC. The first-order chi connectivity index (χ1) is 39.6. The van der Waals surface area contributed by atoms with E-state index in [1.54, 1.807) is 0 Å². The van der Waals surface area contributed by atoms with Crippen LogP contribution < -0.4 is 0 Å². The molecule has 1 fully saturated rings. The number of allylic oxidation sites excluding steroid dienone is 18. The first kappa shape index (κ1) is 74.4. The highest BCUT2D eigenvalue weighted by Gasteiger charge is 2.50. The van der Waals surface area contributed by atoms with Crippen molar-refractivity contribution in [2.24, 2.45) is 0 Å². The van der Waals surface area contributed by atoms with Gasteiger partial charge in [0.25, 0.3) is 0 Å². The van der Waals surface area contributed by atoms with Gasteiger partial charge in [0.2, 0.25) is 0 Å². The summed E-state index contributed by atoms with van der Waals surface area (Å²) in [6.45, 7) is 5.73. The Morgan fingerprint density at radius 1 is 0.420 bits per heavy atom. The van der Waals surface area contributed by atoms with Gasteiger partial charge in [0.15, 0.2) is 24.6 Å². The molecule has 460 valence electrons. The summed E-state index contributed by atoms with van der Waals surface area (Å²) in [4.78, 5) is 51.3. The summed E-state index contributed by atoms with van der Waals surface area (Å²) in [6, 6.07) is 0. The number of carbonyl (C=O) groups excluding carboxylic acids is 3. The third-order valence-corrected chi connectivity index (χ3v) is 13.8. The van der Waals surface area contributed by atoms with Crippen LogP contribution in [0.2, 0.25) is 0 Å². The van der Waals surface area contributed by atoms with Gasteiger partial charge in [0.05, 0.1) is 6.61 Å². The highest BCUT2D eigenvalue weighted by molar-refractivity contribution is 5.74. The average molecular weight is 1130 g/mol. The number of hydrogen-bond donors (Lipinski definition) is 3. The summed E-state index contributed by atoms with van der Waals surface area (Å²) >= 11 is 0. The topological polar surface area (TPSA) is 175 Å². The van der Waals surface area contributed by atoms with E-state index in [2.05, 4.69) is 130 Å². The van der Waals surface area contributed by atoms with Crippen LogP contribution in [0.4, 0.5) is 0 Å². The minimum absolute atomic E-state index is 0.0408. The molecule has 12 heteroatoms. The molecule has 1 heterocycles. The number of hydrogen-bond acceptors (Lipinski definition) is 11. The second-order valence-corrected chi connectivity index (χ2v) is 21.3. The first-order valence-corrected chi connectivity index (χ1v) is 31.9.